The van der Waals surface area contributed by atoms with Crippen molar-refractivity contribution in [2.75, 3.05) is 20.3 Å². The summed E-state index contributed by atoms with van der Waals surface area (Å²) >= 11 is 5.96. The minimum atomic E-state index is -0.716. The minimum Gasteiger partial charge on any atom is -0.383 e. The molecule has 1 N–H and O–H groups in total. The molecule has 2 aromatic carbocycles. The maximum absolute atomic E-state index is 12.9. The SMILES string of the molecule is CCC(=O)N(Cc1ccc(Cl)cc1)[C@H](C(=O)NCCOC)c1ccccc1. The maximum Gasteiger partial charge on any atom is 0.247 e. The zero-order valence-corrected chi connectivity index (χ0v) is 16.4. The fourth-order valence-electron chi connectivity index (χ4n) is 2.79. The van der Waals surface area contributed by atoms with Gasteiger partial charge in [0.2, 0.25) is 11.8 Å². The second-order valence-electron chi connectivity index (χ2n) is 6.10. The van der Waals surface area contributed by atoms with Crippen LogP contribution >= 0.6 is 11.6 Å². The van der Waals surface area contributed by atoms with Gasteiger partial charge >= 0.3 is 0 Å². The monoisotopic (exact) mass is 388 g/mol. The van der Waals surface area contributed by atoms with Crippen molar-refractivity contribution in [3.05, 3.63) is 70.7 Å². The molecule has 0 saturated carbocycles. The van der Waals surface area contributed by atoms with Crippen LogP contribution in [0.3, 0.4) is 0 Å². The zero-order chi connectivity index (χ0) is 19.6. The molecule has 0 aliphatic carbocycles. The highest BCUT2D eigenvalue weighted by Crippen LogP contribution is 2.25. The summed E-state index contributed by atoms with van der Waals surface area (Å²) in [5.74, 6) is -0.324. The van der Waals surface area contributed by atoms with Crippen molar-refractivity contribution in [3.63, 3.8) is 0 Å². The van der Waals surface area contributed by atoms with E-state index in [0.717, 1.165) is 11.1 Å². The Morgan fingerprint density at radius 2 is 1.78 bits per heavy atom. The first kappa shape index (κ1) is 20.9. The maximum atomic E-state index is 12.9. The molecule has 5 nitrogen and oxygen atoms in total. The van der Waals surface area contributed by atoms with Crippen LogP contribution in [-0.4, -0.2) is 37.0 Å². The van der Waals surface area contributed by atoms with Crippen molar-refractivity contribution in [2.24, 2.45) is 0 Å². The molecule has 0 saturated heterocycles. The largest absolute Gasteiger partial charge is 0.383 e. The van der Waals surface area contributed by atoms with E-state index in [1.807, 2.05) is 42.5 Å². The smallest absolute Gasteiger partial charge is 0.247 e. The predicted molar refractivity (Wildman–Crippen MR) is 106 cm³/mol. The summed E-state index contributed by atoms with van der Waals surface area (Å²) in [6.45, 7) is 2.91. The number of carbonyl (C=O) groups excluding carboxylic acids is 2. The normalized spacial score (nSPS) is 11.7. The van der Waals surface area contributed by atoms with Gasteiger partial charge in [-0.15, -0.1) is 0 Å². The molecule has 0 unspecified atom stereocenters. The minimum absolute atomic E-state index is 0.0966. The quantitative estimate of drug-likeness (QED) is 0.668. The lowest BCUT2D eigenvalue weighted by molar-refractivity contribution is -0.141. The predicted octanol–water partition coefficient (Wildman–Crippen LogP) is 3.58. The summed E-state index contributed by atoms with van der Waals surface area (Å²) in [5.41, 5.74) is 1.68. The van der Waals surface area contributed by atoms with E-state index in [9.17, 15) is 9.59 Å². The number of nitrogens with one attached hydrogen (secondary N) is 1. The van der Waals surface area contributed by atoms with Crippen molar-refractivity contribution >= 4 is 23.4 Å². The van der Waals surface area contributed by atoms with Gasteiger partial charge in [0.25, 0.3) is 0 Å². The third-order valence-electron chi connectivity index (χ3n) is 4.17. The molecule has 0 spiro atoms. The fourth-order valence-corrected chi connectivity index (χ4v) is 2.92. The Morgan fingerprint density at radius 1 is 1.11 bits per heavy atom. The molecule has 0 heterocycles. The average molecular weight is 389 g/mol. The van der Waals surface area contributed by atoms with Crippen molar-refractivity contribution in [1.82, 2.24) is 10.2 Å². The van der Waals surface area contributed by atoms with Crippen LogP contribution in [-0.2, 0) is 20.9 Å². The van der Waals surface area contributed by atoms with Gasteiger partial charge in [-0.05, 0) is 23.3 Å². The lowest BCUT2D eigenvalue weighted by Gasteiger charge is -2.31. The molecule has 0 aromatic heterocycles. The van der Waals surface area contributed by atoms with E-state index in [4.69, 9.17) is 16.3 Å². The number of amides is 2. The molecular formula is C21H25ClN2O3. The number of carbonyl (C=O) groups is 2. The summed E-state index contributed by atoms with van der Waals surface area (Å²) in [5, 5.41) is 3.49. The Morgan fingerprint density at radius 3 is 2.37 bits per heavy atom. The Kier molecular flexibility index (Phi) is 8.30. The number of halogens is 1. The Balaban J connectivity index is 2.35. The molecule has 0 bridgehead atoms. The zero-order valence-electron chi connectivity index (χ0n) is 15.7. The van der Waals surface area contributed by atoms with E-state index in [1.165, 1.54) is 0 Å². The molecule has 2 aromatic rings. The summed E-state index contributed by atoms with van der Waals surface area (Å²) in [6.07, 6.45) is 0.308. The van der Waals surface area contributed by atoms with Crippen LogP contribution < -0.4 is 5.32 Å². The number of methoxy groups -OCH3 is 1. The number of hydrogen-bond donors (Lipinski definition) is 1. The third-order valence-corrected chi connectivity index (χ3v) is 4.42. The van der Waals surface area contributed by atoms with Crippen LogP contribution in [0.25, 0.3) is 0 Å². The van der Waals surface area contributed by atoms with Crippen LogP contribution in [0.1, 0.15) is 30.5 Å². The van der Waals surface area contributed by atoms with Gasteiger partial charge < -0.3 is 15.0 Å². The first-order valence-corrected chi connectivity index (χ1v) is 9.30. The number of benzene rings is 2. The topological polar surface area (TPSA) is 58.6 Å². The van der Waals surface area contributed by atoms with Crippen molar-refractivity contribution in [1.29, 1.82) is 0 Å². The van der Waals surface area contributed by atoms with Crippen LogP contribution in [0, 0.1) is 0 Å². The average Bonchev–Trinajstić information content (AvgIpc) is 2.69. The Bertz CT molecular complexity index is 735. The van der Waals surface area contributed by atoms with Gasteiger partial charge in [0.05, 0.1) is 6.61 Å². The molecule has 2 amide bonds. The number of nitrogens with zero attached hydrogens (tertiary/aromatic N) is 1. The summed E-state index contributed by atoms with van der Waals surface area (Å²) < 4.78 is 5.01. The second-order valence-corrected chi connectivity index (χ2v) is 6.54. The van der Waals surface area contributed by atoms with Crippen molar-refractivity contribution in [2.45, 2.75) is 25.9 Å². The van der Waals surface area contributed by atoms with Crippen LogP contribution in [0.2, 0.25) is 5.02 Å². The van der Waals surface area contributed by atoms with Gasteiger partial charge in [-0.3, -0.25) is 9.59 Å². The lowest BCUT2D eigenvalue weighted by atomic mass is 10.0. The van der Waals surface area contributed by atoms with Crippen LogP contribution in [0.5, 0.6) is 0 Å². The highest BCUT2D eigenvalue weighted by molar-refractivity contribution is 6.30. The van der Waals surface area contributed by atoms with Gasteiger partial charge in [-0.25, -0.2) is 0 Å². The van der Waals surface area contributed by atoms with Gasteiger partial charge in [0, 0.05) is 31.6 Å². The van der Waals surface area contributed by atoms with E-state index in [0.29, 0.717) is 31.1 Å². The summed E-state index contributed by atoms with van der Waals surface area (Å²) in [7, 11) is 1.58. The second kappa shape index (κ2) is 10.7. The third kappa shape index (κ3) is 6.08. The van der Waals surface area contributed by atoms with Gasteiger partial charge in [0.15, 0.2) is 0 Å². The van der Waals surface area contributed by atoms with Crippen molar-refractivity contribution < 1.29 is 14.3 Å². The van der Waals surface area contributed by atoms with Gasteiger partial charge in [0.1, 0.15) is 6.04 Å². The number of rotatable bonds is 9. The molecule has 1 atom stereocenters. The number of ether oxygens (including phenoxy) is 1. The fraction of sp³-hybridized carbons (Fsp3) is 0.333. The van der Waals surface area contributed by atoms with Gasteiger partial charge in [-0.2, -0.15) is 0 Å². The molecule has 0 fully saturated rings. The van der Waals surface area contributed by atoms with Gasteiger partial charge in [-0.1, -0.05) is 61.0 Å². The van der Waals surface area contributed by atoms with E-state index >= 15 is 0 Å². The lowest BCUT2D eigenvalue weighted by Crippen LogP contribution is -2.44. The highest BCUT2D eigenvalue weighted by Gasteiger charge is 2.30. The van der Waals surface area contributed by atoms with E-state index in [1.54, 1.807) is 31.1 Å². The Labute approximate surface area is 165 Å². The molecule has 0 radical (unpaired) electrons. The van der Waals surface area contributed by atoms with E-state index < -0.39 is 6.04 Å². The highest BCUT2D eigenvalue weighted by atomic mass is 35.5. The molecular weight excluding hydrogens is 364 g/mol. The molecule has 0 aliphatic heterocycles. The number of hydrogen-bond acceptors (Lipinski definition) is 3. The van der Waals surface area contributed by atoms with Crippen LogP contribution in [0.15, 0.2) is 54.6 Å². The van der Waals surface area contributed by atoms with Crippen LogP contribution in [0.4, 0.5) is 0 Å². The molecule has 6 heteroatoms. The van der Waals surface area contributed by atoms with E-state index in [2.05, 4.69) is 5.32 Å². The Hall–Kier alpha value is -2.37. The standard InChI is InChI=1S/C21H25ClN2O3/c1-3-19(25)24(15-16-9-11-18(22)12-10-16)20(17-7-5-4-6-8-17)21(26)23-13-14-27-2/h4-12,20H,3,13-15H2,1-2H3,(H,23,26)/t20-/m0/s1. The molecule has 144 valence electrons. The van der Waals surface area contributed by atoms with Crippen molar-refractivity contribution in [3.8, 4) is 0 Å². The first-order chi connectivity index (χ1) is 13.1. The molecule has 27 heavy (non-hydrogen) atoms. The molecule has 2 rings (SSSR count). The first-order valence-electron chi connectivity index (χ1n) is 8.92. The molecule has 0 aliphatic rings. The summed E-state index contributed by atoms with van der Waals surface area (Å²) in [6, 6.07) is 15.9. The summed E-state index contributed by atoms with van der Waals surface area (Å²) in [4.78, 5) is 27.3. The van der Waals surface area contributed by atoms with E-state index in [-0.39, 0.29) is 11.8 Å².